The molecule has 1 N–H and O–H groups in total. The zero-order chi connectivity index (χ0) is 13.1. The van der Waals surface area contributed by atoms with Crippen molar-refractivity contribution in [2.75, 3.05) is 0 Å². The minimum atomic E-state index is 0.0753. The van der Waals surface area contributed by atoms with Crippen molar-refractivity contribution in [3.63, 3.8) is 0 Å². The van der Waals surface area contributed by atoms with E-state index in [2.05, 4.69) is 12.2 Å². The summed E-state index contributed by atoms with van der Waals surface area (Å²) in [4.78, 5) is 0. The molecule has 0 fully saturated rings. The largest absolute Gasteiger partial charge is 0.458 e. The molecule has 2 aromatic carbocycles. The number of allylic oxidation sites excluding steroid dienone is 3. The van der Waals surface area contributed by atoms with Gasteiger partial charge in [-0.2, -0.15) is 0 Å². The summed E-state index contributed by atoms with van der Waals surface area (Å²) in [6, 6.07) is 12.0. The summed E-state index contributed by atoms with van der Waals surface area (Å²) in [7, 11) is 0.0753. The van der Waals surface area contributed by atoms with Crippen LogP contribution in [0.4, 0.5) is 0 Å². The summed E-state index contributed by atoms with van der Waals surface area (Å²) in [6.07, 6.45) is 8.39. The van der Waals surface area contributed by atoms with E-state index >= 15 is 0 Å². The maximum atomic E-state index is 9.13. The number of benzene rings is 2. The Kier molecular flexibility index (Phi) is 3.38. The summed E-state index contributed by atoms with van der Waals surface area (Å²) in [5.41, 5.74) is 0.930. The van der Waals surface area contributed by atoms with Gasteiger partial charge in [0.25, 0.3) is 0 Å². The SMILES string of the molecule is OBc1ccc2cc(OC3=CCCC=C3)ccc2c1. The molecule has 0 atom stereocenters. The van der Waals surface area contributed by atoms with E-state index in [0.29, 0.717) is 0 Å². The normalized spacial score (nSPS) is 14.3. The third kappa shape index (κ3) is 2.71. The van der Waals surface area contributed by atoms with Crippen molar-refractivity contribution in [1.29, 1.82) is 0 Å². The second kappa shape index (κ2) is 5.33. The van der Waals surface area contributed by atoms with Crippen molar-refractivity contribution in [3.05, 3.63) is 60.4 Å². The van der Waals surface area contributed by atoms with Crippen molar-refractivity contribution in [2.24, 2.45) is 0 Å². The molecule has 0 heterocycles. The molecule has 0 bridgehead atoms. The predicted molar refractivity (Wildman–Crippen MR) is 80.0 cm³/mol. The first-order chi connectivity index (χ1) is 9.35. The molecule has 0 saturated heterocycles. The second-order valence-corrected chi connectivity index (χ2v) is 4.69. The molecule has 0 aromatic heterocycles. The van der Waals surface area contributed by atoms with E-state index in [0.717, 1.165) is 40.6 Å². The zero-order valence-corrected chi connectivity index (χ0v) is 10.7. The Hall–Kier alpha value is -2.00. The lowest BCUT2D eigenvalue weighted by molar-refractivity contribution is 0.440. The summed E-state index contributed by atoms with van der Waals surface area (Å²) < 4.78 is 5.84. The zero-order valence-electron chi connectivity index (χ0n) is 10.7. The van der Waals surface area contributed by atoms with E-state index in [-0.39, 0.29) is 7.48 Å². The van der Waals surface area contributed by atoms with Gasteiger partial charge in [0, 0.05) is 0 Å². The van der Waals surface area contributed by atoms with Gasteiger partial charge in [-0.15, -0.1) is 0 Å². The van der Waals surface area contributed by atoms with Gasteiger partial charge in [0.2, 0.25) is 0 Å². The highest BCUT2D eigenvalue weighted by Gasteiger charge is 2.03. The highest BCUT2D eigenvalue weighted by Crippen LogP contribution is 2.23. The lowest BCUT2D eigenvalue weighted by Crippen LogP contribution is -2.12. The van der Waals surface area contributed by atoms with Gasteiger partial charge in [-0.25, -0.2) is 0 Å². The van der Waals surface area contributed by atoms with Crippen LogP contribution in [0.2, 0.25) is 0 Å². The van der Waals surface area contributed by atoms with Crippen molar-refractivity contribution in [1.82, 2.24) is 0 Å². The molecule has 0 unspecified atom stereocenters. The maximum Gasteiger partial charge on any atom is 0.304 e. The molecule has 2 aromatic rings. The fourth-order valence-corrected chi connectivity index (χ4v) is 2.24. The van der Waals surface area contributed by atoms with Gasteiger partial charge in [-0.05, 0) is 47.9 Å². The first kappa shape index (κ1) is 12.1. The Bertz CT molecular complexity index is 659. The van der Waals surface area contributed by atoms with Gasteiger partial charge in [-0.3, -0.25) is 0 Å². The van der Waals surface area contributed by atoms with E-state index in [1.807, 2.05) is 42.5 Å². The Labute approximate surface area is 113 Å². The van der Waals surface area contributed by atoms with Gasteiger partial charge < -0.3 is 9.76 Å². The fraction of sp³-hybridized carbons (Fsp3) is 0.125. The van der Waals surface area contributed by atoms with Crippen LogP contribution in [0.5, 0.6) is 5.75 Å². The standard InChI is InChI=1S/C16H15BO2/c18-17-14-8-6-13-11-16(9-7-12(13)10-14)19-15-4-2-1-3-5-15/h2,4-11,17-18H,1,3H2. The number of ether oxygens (including phenoxy) is 1. The third-order valence-corrected chi connectivity index (χ3v) is 3.26. The van der Waals surface area contributed by atoms with Gasteiger partial charge in [0.15, 0.2) is 0 Å². The minimum Gasteiger partial charge on any atom is -0.458 e. The van der Waals surface area contributed by atoms with E-state index in [9.17, 15) is 0 Å². The van der Waals surface area contributed by atoms with Crippen LogP contribution in [0.25, 0.3) is 10.8 Å². The molecule has 2 nitrogen and oxygen atoms in total. The van der Waals surface area contributed by atoms with Crippen LogP contribution < -0.4 is 10.2 Å². The summed E-state index contributed by atoms with van der Waals surface area (Å²) in [5, 5.41) is 11.4. The molecular weight excluding hydrogens is 235 g/mol. The molecule has 1 aliphatic carbocycles. The predicted octanol–water partition coefficient (Wildman–Crippen LogP) is 2.42. The summed E-state index contributed by atoms with van der Waals surface area (Å²) >= 11 is 0. The third-order valence-electron chi connectivity index (χ3n) is 3.26. The molecule has 19 heavy (non-hydrogen) atoms. The van der Waals surface area contributed by atoms with Crippen LogP contribution in [-0.4, -0.2) is 12.5 Å². The van der Waals surface area contributed by atoms with Crippen LogP contribution in [0.1, 0.15) is 12.8 Å². The van der Waals surface area contributed by atoms with E-state index < -0.39 is 0 Å². The Morgan fingerprint density at radius 3 is 2.63 bits per heavy atom. The summed E-state index contributed by atoms with van der Waals surface area (Å²) in [6.45, 7) is 0. The quantitative estimate of drug-likeness (QED) is 0.847. The molecule has 1 aliphatic rings. The van der Waals surface area contributed by atoms with Gasteiger partial charge in [0.1, 0.15) is 11.5 Å². The highest BCUT2D eigenvalue weighted by molar-refractivity contribution is 6.46. The summed E-state index contributed by atoms with van der Waals surface area (Å²) in [5.74, 6) is 1.76. The number of fused-ring (bicyclic) bond motifs is 1. The average molecular weight is 250 g/mol. The average Bonchev–Trinajstić information content (AvgIpc) is 2.48. The van der Waals surface area contributed by atoms with Crippen molar-refractivity contribution < 1.29 is 9.76 Å². The molecule has 0 aliphatic heterocycles. The Morgan fingerprint density at radius 1 is 1.00 bits per heavy atom. The van der Waals surface area contributed by atoms with E-state index in [1.54, 1.807) is 0 Å². The minimum absolute atomic E-state index is 0.0753. The van der Waals surface area contributed by atoms with Crippen molar-refractivity contribution in [3.8, 4) is 5.75 Å². The van der Waals surface area contributed by atoms with E-state index in [1.165, 1.54) is 0 Å². The van der Waals surface area contributed by atoms with Crippen molar-refractivity contribution >= 4 is 23.7 Å². The second-order valence-electron chi connectivity index (χ2n) is 4.69. The van der Waals surface area contributed by atoms with Gasteiger partial charge in [0.05, 0.1) is 0 Å². The molecule has 3 heteroatoms. The van der Waals surface area contributed by atoms with Gasteiger partial charge >= 0.3 is 7.48 Å². The first-order valence-electron chi connectivity index (χ1n) is 6.53. The lowest BCUT2D eigenvalue weighted by Gasteiger charge is -2.10. The Balaban J connectivity index is 1.89. The smallest absolute Gasteiger partial charge is 0.304 e. The van der Waals surface area contributed by atoms with Gasteiger partial charge in [-0.1, -0.05) is 35.8 Å². The Morgan fingerprint density at radius 2 is 1.84 bits per heavy atom. The molecule has 0 amide bonds. The fourth-order valence-electron chi connectivity index (χ4n) is 2.24. The topological polar surface area (TPSA) is 29.5 Å². The number of hydrogen-bond donors (Lipinski definition) is 1. The molecule has 3 rings (SSSR count). The van der Waals surface area contributed by atoms with Crippen LogP contribution in [0, 0.1) is 0 Å². The van der Waals surface area contributed by atoms with Crippen LogP contribution >= 0.6 is 0 Å². The monoisotopic (exact) mass is 250 g/mol. The lowest BCUT2D eigenvalue weighted by atomic mass is 9.87. The first-order valence-corrected chi connectivity index (χ1v) is 6.53. The number of rotatable bonds is 3. The molecule has 94 valence electrons. The molecular formula is C16H15BO2. The number of hydrogen-bond acceptors (Lipinski definition) is 2. The molecule has 0 spiro atoms. The van der Waals surface area contributed by atoms with Crippen LogP contribution in [-0.2, 0) is 0 Å². The molecule has 0 radical (unpaired) electrons. The van der Waals surface area contributed by atoms with Crippen molar-refractivity contribution in [2.45, 2.75) is 12.8 Å². The molecule has 0 saturated carbocycles. The van der Waals surface area contributed by atoms with Crippen LogP contribution in [0.15, 0.2) is 60.4 Å². The van der Waals surface area contributed by atoms with Crippen LogP contribution in [0.3, 0.4) is 0 Å². The highest BCUT2D eigenvalue weighted by atomic mass is 16.5. The van der Waals surface area contributed by atoms with E-state index in [4.69, 9.17) is 9.76 Å². The maximum absolute atomic E-state index is 9.13.